The lowest BCUT2D eigenvalue weighted by atomic mass is 10.1. The van der Waals surface area contributed by atoms with Crippen molar-refractivity contribution in [1.29, 1.82) is 0 Å². The zero-order valence-corrected chi connectivity index (χ0v) is 16.6. The Morgan fingerprint density at radius 1 is 1.21 bits per heavy atom. The summed E-state index contributed by atoms with van der Waals surface area (Å²) in [5, 5.41) is 29.3. The fourth-order valence-corrected chi connectivity index (χ4v) is 3.80. The van der Waals surface area contributed by atoms with Crippen molar-refractivity contribution >= 4 is 27.6 Å². The van der Waals surface area contributed by atoms with E-state index in [1.807, 2.05) is 0 Å². The summed E-state index contributed by atoms with van der Waals surface area (Å²) in [5.74, 6) is -3.94. The highest BCUT2D eigenvalue weighted by atomic mass is 32.2. The SMILES string of the molecule is CCc1nnc(NC(=O)[C@@](C)(O)CS(=O)(=O)c2ccc(C(=O)NC)c(F)c2)nn1. The molecular weight excluding hydrogens is 407 g/mol. The number of aromatic nitrogens is 4. The zero-order chi connectivity index (χ0) is 21.8. The first-order chi connectivity index (χ1) is 13.5. The van der Waals surface area contributed by atoms with Gasteiger partial charge in [0.1, 0.15) is 5.82 Å². The van der Waals surface area contributed by atoms with Crippen LogP contribution in [0, 0.1) is 5.82 Å². The molecule has 0 aliphatic carbocycles. The maximum atomic E-state index is 14.1. The van der Waals surface area contributed by atoms with Crippen molar-refractivity contribution in [2.75, 3.05) is 18.1 Å². The maximum absolute atomic E-state index is 14.1. The minimum absolute atomic E-state index is 0.314. The number of aliphatic hydroxyl groups is 1. The molecular formula is C16H19FN6O5S. The number of sulfone groups is 1. The normalized spacial score (nSPS) is 13.4. The first-order valence-corrected chi connectivity index (χ1v) is 10.00. The summed E-state index contributed by atoms with van der Waals surface area (Å²) < 4.78 is 39.1. The van der Waals surface area contributed by atoms with E-state index < -0.39 is 43.7 Å². The quantitative estimate of drug-likeness (QED) is 0.529. The van der Waals surface area contributed by atoms with Gasteiger partial charge in [0.15, 0.2) is 21.3 Å². The number of amides is 2. The Kier molecular flexibility index (Phi) is 6.54. The van der Waals surface area contributed by atoms with E-state index in [1.165, 1.54) is 7.05 Å². The Labute approximate surface area is 165 Å². The fourth-order valence-electron chi connectivity index (χ4n) is 2.20. The number of rotatable bonds is 7. The molecule has 0 saturated heterocycles. The number of carbonyl (C=O) groups excluding carboxylic acids is 2. The molecule has 2 rings (SSSR count). The lowest BCUT2D eigenvalue weighted by Gasteiger charge is -2.21. The number of hydrogen-bond acceptors (Lipinski definition) is 9. The van der Waals surface area contributed by atoms with Gasteiger partial charge >= 0.3 is 0 Å². The second-order valence-corrected chi connectivity index (χ2v) is 8.19. The van der Waals surface area contributed by atoms with Crippen LogP contribution in [0.15, 0.2) is 23.1 Å². The van der Waals surface area contributed by atoms with E-state index in [9.17, 15) is 27.5 Å². The molecule has 0 radical (unpaired) electrons. The van der Waals surface area contributed by atoms with Gasteiger partial charge in [-0.2, -0.15) is 0 Å². The molecule has 11 nitrogen and oxygen atoms in total. The van der Waals surface area contributed by atoms with Crippen LogP contribution in [-0.2, 0) is 21.1 Å². The van der Waals surface area contributed by atoms with Crippen molar-refractivity contribution in [1.82, 2.24) is 25.7 Å². The zero-order valence-electron chi connectivity index (χ0n) is 15.8. The van der Waals surface area contributed by atoms with Gasteiger partial charge in [-0.25, -0.2) is 12.8 Å². The summed E-state index contributed by atoms with van der Waals surface area (Å²) in [6.45, 7) is 2.74. The molecule has 0 unspecified atom stereocenters. The lowest BCUT2D eigenvalue weighted by molar-refractivity contribution is -0.130. The van der Waals surface area contributed by atoms with Crippen LogP contribution in [0.25, 0.3) is 0 Å². The second kappa shape index (κ2) is 8.53. The van der Waals surface area contributed by atoms with Crippen LogP contribution in [0.3, 0.4) is 0 Å². The predicted molar refractivity (Wildman–Crippen MR) is 98.1 cm³/mol. The minimum Gasteiger partial charge on any atom is -0.379 e. The molecule has 3 N–H and O–H groups in total. The van der Waals surface area contributed by atoms with Gasteiger partial charge in [-0.3, -0.25) is 14.9 Å². The van der Waals surface area contributed by atoms with E-state index in [1.54, 1.807) is 6.92 Å². The molecule has 1 aromatic carbocycles. The highest BCUT2D eigenvalue weighted by molar-refractivity contribution is 7.91. The predicted octanol–water partition coefficient (Wildman–Crippen LogP) is -0.509. The van der Waals surface area contributed by atoms with Crippen LogP contribution < -0.4 is 10.6 Å². The van der Waals surface area contributed by atoms with Crippen LogP contribution in [0.2, 0.25) is 0 Å². The van der Waals surface area contributed by atoms with Gasteiger partial charge in [-0.05, 0) is 25.1 Å². The van der Waals surface area contributed by atoms with Gasteiger partial charge in [0.25, 0.3) is 17.8 Å². The third kappa shape index (κ3) is 5.26. The van der Waals surface area contributed by atoms with Crippen molar-refractivity contribution < 1.29 is 27.5 Å². The summed E-state index contributed by atoms with van der Waals surface area (Å²) in [7, 11) is -2.99. The second-order valence-electron chi connectivity index (χ2n) is 6.20. The molecule has 0 aliphatic rings. The molecule has 0 saturated carbocycles. The summed E-state index contributed by atoms with van der Waals surface area (Å²) in [6, 6.07) is 2.65. The van der Waals surface area contributed by atoms with Crippen LogP contribution in [0.5, 0.6) is 0 Å². The molecule has 0 aliphatic heterocycles. The third-order valence-corrected chi connectivity index (χ3v) is 5.71. The largest absolute Gasteiger partial charge is 0.379 e. The van der Waals surface area contributed by atoms with Crippen molar-refractivity contribution in [2.45, 2.75) is 30.8 Å². The van der Waals surface area contributed by atoms with Crippen molar-refractivity contribution in [3.05, 3.63) is 35.4 Å². The average molecular weight is 426 g/mol. The van der Waals surface area contributed by atoms with Gasteiger partial charge in [0.05, 0.1) is 16.2 Å². The molecule has 156 valence electrons. The minimum atomic E-state index is -4.29. The van der Waals surface area contributed by atoms with Crippen molar-refractivity contribution in [2.24, 2.45) is 0 Å². The number of halogens is 1. The van der Waals surface area contributed by atoms with E-state index in [0.717, 1.165) is 19.1 Å². The van der Waals surface area contributed by atoms with Crippen LogP contribution in [0.1, 0.15) is 30.0 Å². The first kappa shape index (κ1) is 22.2. The van der Waals surface area contributed by atoms with E-state index in [2.05, 4.69) is 31.0 Å². The topological polar surface area (TPSA) is 164 Å². The standard InChI is InChI=1S/C16H19FN6O5S/c1-4-12-20-22-15(23-21-12)19-14(25)16(2,26)8-29(27,28)9-5-6-10(11(17)7-9)13(24)18-3/h5-7,26H,4,8H2,1-3H3,(H,18,24)(H,19,22,23,25)/t16-/m0/s1. The summed E-state index contributed by atoms with van der Waals surface area (Å²) in [4.78, 5) is 23.3. The Bertz CT molecular complexity index is 1030. The molecule has 0 spiro atoms. The number of aryl methyl sites for hydroxylation is 1. The number of carbonyl (C=O) groups is 2. The molecule has 2 aromatic rings. The molecule has 2 amide bonds. The van der Waals surface area contributed by atoms with Gasteiger partial charge in [0, 0.05) is 13.5 Å². The fraction of sp³-hybridized carbons (Fsp3) is 0.375. The molecule has 0 bridgehead atoms. The van der Waals surface area contributed by atoms with Gasteiger partial charge < -0.3 is 10.4 Å². The van der Waals surface area contributed by atoms with Crippen LogP contribution in [0.4, 0.5) is 10.3 Å². The highest BCUT2D eigenvalue weighted by Gasteiger charge is 2.37. The van der Waals surface area contributed by atoms with Crippen LogP contribution in [-0.4, -0.2) is 64.1 Å². The summed E-state index contributed by atoms with van der Waals surface area (Å²) in [5.41, 5.74) is -2.75. The molecule has 13 heteroatoms. The molecule has 1 heterocycles. The number of benzene rings is 1. The summed E-state index contributed by atoms with van der Waals surface area (Å²) >= 11 is 0. The monoisotopic (exact) mass is 426 g/mol. The molecule has 1 aromatic heterocycles. The Morgan fingerprint density at radius 3 is 2.34 bits per heavy atom. The van der Waals surface area contributed by atoms with Gasteiger partial charge in [-0.15, -0.1) is 20.4 Å². The van der Waals surface area contributed by atoms with Crippen LogP contribution >= 0.6 is 0 Å². The highest BCUT2D eigenvalue weighted by Crippen LogP contribution is 2.20. The first-order valence-electron chi connectivity index (χ1n) is 8.34. The molecule has 29 heavy (non-hydrogen) atoms. The summed E-state index contributed by atoms with van der Waals surface area (Å²) in [6.07, 6.45) is 0.472. The molecule has 0 fully saturated rings. The Balaban J connectivity index is 2.19. The van der Waals surface area contributed by atoms with E-state index >= 15 is 0 Å². The van der Waals surface area contributed by atoms with E-state index in [0.29, 0.717) is 18.3 Å². The smallest absolute Gasteiger partial charge is 0.268 e. The third-order valence-electron chi connectivity index (χ3n) is 3.79. The Hall–Kier alpha value is -3.06. The maximum Gasteiger partial charge on any atom is 0.268 e. The lowest BCUT2D eigenvalue weighted by Crippen LogP contribution is -2.46. The number of nitrogens with zero attached hydrogens (tertiary/aromatic N) is 4. The Morgan fingerprint density at radius 2 is 1.83 bits per heavy atom. The average Bonchev–Trinajstić information content (AvgIpc) is 2.67. The van der Waals surface area contributed by atoms with Crippen molar-refractivity contribution in [3.63, 3.8) is 0 Å². The van der Waals surface area contributed by atoms with Gasteiger partial charge in [-0.1, -0.05) is 6.92 Å². The number of anilines is 1. The molecule has 1 atom stereocenters. The number of nitrogens with one attached hydrogen (secondary N) is 2. The number of hydrogen-bond donors (Lipinski definition) is 3. The van der Waals surface area contributed by atoms with E-state index in [4.69, 9.17) is 0 Å². The van der Waals surface area contributed by atoms with E-state index in [-0.39, 0.29) is 11.5 Å². The van der Waals surface area contributed by atoms with Gasteiger partial charge in [0.2, 0.25) is 0 Å². The van der Waals surface area contributed by atoms with Crippen molar-refractivity contribution in [3.8, 4) is 0 Å².